The summed E-state index contributed by atoms with van der Waals surface area (Å²) in [5, 5.41) is 9.28. The molecule has 160 valence electrons. The van der Waals surface area contributed by atoms with E-state index in [4.69, 9.17) is 11.6 Å². The maximum Gasteiger partial charge on any atom is 0.247 e. The van der Waals surface area contributed by atoms with Gasteiger partial charge in [-0.3, -0.25) is 4.79 Å². The van der Waals surface area contributed by atoms with Crippen LogP contribution in [0.15, 0.2) is 61.3 Å². The van der Waals surface area contributed by atoms with E-state index in [9.17, 15) is 13.8 Å². The maximum absolute atomic E-state index is 14.3. The normalized spacial score (nSPS) is 11.0. The first-order valence-corrected chi connectivity index (χ1v) is 12.1. The van der Waals surface area contributed by atoms with Crippen molar-refractivity contribution in [1.82, 2.24) is 9.97 Å². The molecule has 3 N–H and O–H groups in total. The molecule has 3 rings (SSSR count). The SMILES string of the molecule is C=CC(=O)Nc1ccc(F)c(Nc2ncc(Cl)c(Nc3ccccc3P(C)(C)=O)n2)c1. The van der Waals surface area contributed by atoms with Crippen LogP contribution < -0.4 is 21.3 Å². The van der Waals surface area contributed by atoms with Crippen LogP contribution in [-0.2, 0) is 9.36 Å². The van der Waals surface area contributed by atoms with Crippen molar-refractivity contribution in [2.24, 2.45) is 0 Å². The van der Waals surface area contributed by atoms with E-state index in [1.54, 1.807) is 37.6 Å². The second-order valence-electron chi connectivity index (χ2n) is 6.90. The molecule has 0 fully saturated rings. The predicted octanol–water partition coefficient (Wildman–Crippen LogP) is 5.13. The Hall–Kier alpha value is -3.22. The van der Waals surface area contributed by atoms with E-state index in [2.05, 4.69) is 32.5 Å². The summed E-state index contributed by atoms with van der Waals surface area (Å²) in [4.78, 5) is 19.9. The van der Waals surface area contributed by atoms with Gasteiger partial charge in [-0.2, -0.15) is 4.98 Å². The predicted molar refractivity (Wildman–Crippen MR) is 124 cm³/mol. The molecule has 31 heavy (non-hydrogen) atoms. The molecule has 0 saturated heterocycles. The Labute approximate surface area is 184 Å². The monoisotopic (exact) mass is 459 g/mol. The van der Waals surface area contributed by atoms with E-state index in [0.29, 0.717) is 16.7 Å². The van der Waals surface area contributed by atoms with E-state index in [0.717, 1.165) is 6.08 Å². The van der Waals surface area contributed by atoms with Crippen molar-refractivity contribution in [2.45, 2.75) is 0 Å². The van der Waals surface area contributed by atoms with Crippen LogP contribution in [0.5, 0.6) is 0 Å². The smallest absolute Gasteiger partial charge is 0.247 e. The number of carbonyl (C=O) groups excluding carboxylic acids is 1. The van der Waals surface area contributed by atoms with Gasteiger partial charge in [0.15, 0.2) is 5.82 Å². The Bertz CT molecular complexity index is 1200. The fourth-order valence-electron chi connectivity index (χ4n) is 2.70. The quantitative estimate of drug-likeness (QED) is 0.335. The summed E-state index contributed by atoms with van der Waals surface area (Å²) in [6.45, 7) is 6.72. The van der Waals surface area contributed by atoms with Crippen molar-refractivity contribution in [3.05, 3.63) is 72.2 Å². The summed E-state index contributed by atoms with van der Waals surface area (Å²) in [5.74, 6) is -0.647. The number of hydrogen-bond donors (Lipinski definition) is 3. The maximum atomic E-state index is 14.3. The lowest BCUT2D eigenvalue weighted by molar-refractivity contribution is -0.111. The van der Waals surface area contributed by atoms with Gasteiger partial charge in [-0.15, -0.1) is 0 Å². The number of rotatable bonds is 7. The van der Waals surface area contributed by atoms with Crippen LogP contribution in [0.4, 0.5) is 33.2 Å². The first kappa shape index (κ1) is 22.5. The molecule has 0 aliphatic rings. The molecule has 3 aromatic rings. The number of aromatic nitrogens is 2. The topological polar surface area (TPSA) is 96.0 Å². The van der Waals surface area contributed by atoms with Gasteiger partial charge in [0.1, 0.15) is 18.0 Å². The molecule has 0 bridgehead atoms. The zero-order chi connectivity index (χ0) is 22.6. The average molecular weight is 460 g/mol. The molecule has 0 radical (unpaired) electrons. The van der Waals surface area contributed by atoms with Crippen molar-refractivity contribution in [3.8, 4) is 0 Å². The number of benzene rings is 2. The largest absolute Gasteiger partial charge is 0.338 e. The van der Waals surface area contributed by atoms with E-state index >= 15 is 0 Å². The molecular weight excluding hydrogens is 440 g/mol. The van der Waals surface area contributed by atoms with Gasteiger partial charge >= 0.3 is 0 Å². The van der Waals surface area contributed by atoms with E-state index in [-0.39, 0.29) is 22.5 Å². The number of carbonyl (C=O) groups is 1. The molecule has 0 aliphatic carbocycles. The molecule has 1 heterocycles. The fourth-order valence-corrected chi connectivity index (χ4v) is 4.00. The lowest BCUT2D eigenvalue weighted by Gasteiger charge is -2.16. The minimum atomic E-state index is -2.56. The third-order valence-electron chi connectivity index (χ3n) is 4.15. The summed E-state index contributed by atoms with van der Waals surface area (Å²) in [7, 11) is -2.56. The Kier molecular flexibility index (Phi) is 6.73. The number of para-hydroxylation sites is 1. The number of halogens is 2. The van der Waals surface area contributed by atoms with E-state index in [1.807, 2.05) is 0 Å². The third kappa shape index (κ3) is 5.69. The summed E-state index contributed by atoms with van der Waals surface area (Å²) in [5.41, 5.74) is 1.03. The first-order valence-electron chi connectivity index (χ1n) is 9.11. The molecule has 7 nitrogen and oxygen atoms in total. The van der Waals surface area contributed by atoms with Crippen molar-refractivity contribution < 1.29 is 13.8 Å². The Balaban J connectivity index is 1.89. The lowest BCUT2D eigenvalue weighted by atomic mass is 10.2. The molecule has 10 heteroatoms. The number of nitrogens with one attached hydrogen (secondary N) is 3. The molecule has 0 aliphatic heterocycles. The van der Waals surface area contributed by atoms with Crippen LogP contribution in [0, 0.1) is 5.82 Å². The molecule has 2 aromatic carbocycles. The van der Waals surface area contributed by atoms with Crippen LogP contribution in [0.25, 0.3) is 0 Å². The van der Waals surface area contributed by atoms with Gasteiger partial charge in [-0.1, -0.05) is 30.3 Å². The van der Waals surface area contributed by atoms with Gasteiger partial charge in [0.2, 0.25) is 11.9 Å². The van der Waals surface area contributed by atoms with Gasteiger partial charge in [-0.05, 0) is 49.7 Å². The number of amides is 1. The minimum Gasteiger partial charge on any atom is -0.338 e. The highest BCUT2D eigenvalue weighted by atomic mass is 35.5. The highest BCUT2D eigenvalue weighted by molar-refractivity contribution is 7.70. The van der Waals surface area contributed by atoms with Gasteiger partial charge in [0.25, 0.3) is 0 Å². The summed E-state index contributed by atoms with van der Waals surface area (Å²) < 4.78 is 26.9. The van der Waals surface area contributed by atoms with Crippen molar-refractivity contribution in [2.75, 3.05) is 29.3 Å². The van der Waals surface area contributed by atoms with Gasteiger partial charge in [0, 0.05) is 11.0 Å². The van der Waals surface area contributed by atoms with Crippen LogP contribution in [0.2, 0.25) is 5.02 Å². The highest BCUT2D eigenvalue weighted by Crippen LogP contribution is 2.38. The molecule has 1 aromatic heterocycles. The molecular formula is C21H20ClFN5O2P. The highest BCUT2D eigenvalue weighted by Gasteiger charge is 2.17. The standard InChI is InChI=1S/C21H20ClFN5O2P/c1-4-19(29)25-13-9-10-15(23)17(11-13)27-21-24-12-14(22)20(28-21)26-16-7-5-6-8-18(16)31(2,3)30/h4-12H,1H2,2-3H3,(H,25,29)(H2,24,26,27,28). The van der Waals surface area contributed by atoms with Crippen LogP contribution >= 0.6 is 18.7 Å². The average Bonchev–Trinajstić information content (AvgIpc) is 2.72. The van der Waals surface area contributed by atoms with Gasteiger partial charge in [-0.25, -0.2) is 9.37 Å². The van der Waals surface area contributed by atoms with Gasteiger partial charge in [0.05, 0.1) is 17.6 Å². The first-order chi connectivity index (χ1) is 14.7. The molecule has 0 saturated carbocycles. The molecule has 0 atom stereocenters. The second kappa shape index (κ2) is 9.29. The Morgan fingerprint density at radius 1 is 1.16 bits per heavy atom. The minimum absolute atomic E-state index is 0.0575. The summed E-state index contributed by atoms with van der Waals surface area (Å²) in [6.07, 6.45) is 2.47. The van der Waals surface area contributed by atoms with Crippen LogP contribution in [0.3, 0.4) is 0 Å². The zero-order valence-corrected chi connectivity index (χ0v) is 18.5. The van der Waals surface area contributed by atoms with Gasteiger partial charge < -0.3 is 20.5 Å². The van der Waals surface area contributed by atoms with E-state index < -0.39 is 18.9 Å². The Morgan fingerprint density at radius 2 is 1.90 bits per heavy atom. The molecule has 0 unspecified atom stereocenters. The third-order valence-corrected chi connectivity index (χ3v) is 5.97. The fraction of sp³-hybridized carbons (Fsp3) is 0.0952. The van der Waals surface area contributed by atoms with Crippen LogP contribution in [0.1, 0.15) is 0 Å². The van der Waals surface area contributed by atoms with Crippen molar-refractivity contribution in [1.29, 1.82) is 0 Å². The number of nitrogens with zero attached hydrogens (tertiary/aromatic N) is 2. The summed E-state index contributed by atoms with van der Waals surface area (Å²) in [6, 6.07) is 11.2. The van der Waals surface area contributed by atoms with Crippen molar-refractivity contribution in [3.63, 3.8) is 0 Å². The summed E-state index contributed by atoms with van der Waals surface area (Å²) >= 11 is 6.23. The lowest BCUT2D eigenvalue weighted by Crippen LogP contribution is -2.11. The number of hydrogen-bond acceptors (Lipinski definition) is 6. The zero-order valence-electron chi connectivity index (χ0n) is 16.8. The second-order valence-corrected chi connectivity index (χ2v) is 10.5. The Morgan fingerprint density at radius 3 is 2.61 bits per heavy atom. The molecule has 1 amide bonds. The van der Waals surface area contributed by atoms with Crippen LogP contribution in [-0.4, -0.2) is 29.2 Å². The number of anilines is 5. The van der Waals surface area contributed by atoms with E-state index in [1.165, 1.54) is 24.4 Å². The molecule has 0 spiro atoms. The van der Waals surface area contributed by atoms with Crippen molar-refractivity contribution >= 4 is 58.8 Å².